The number of rotatable bonds is 4. The Labute approximate surface area is 95.8 Å². The topological polar surface area (TPSA) is 26.0 Å². The molecule has 1 heteroatoms. The van der Waals surface area contributed by atoms with E-state index in [4.69, 9.17) is 5.73 Å². The Morgan fingerprint density at radius 3 is 2.40 bits per heavy atom. The third kappa shape index (κ3) is 2.55. The molecular formula is C14H29N. The highest BCUT2D eigenvalue weighted by molar-refractivity contribution is 4.99. The van der Waals surface area contributed by atoms with Crippen LogP contribution >= 0.6 is 0 Å². The van der Waals surface area contributed by atoms with Gasteiger partial charge in [0.15, 0.2) is 0 Å². The molecule has 0 heterocycles. The molecule has 0 spiro atoms. The summed E-state index contributed by atoms with van der Waals surface area (Å²) in [7, 11) is 0. The third-order valence-corrected chi connectivity index (χ3v) is 4.93. The maximum atomic E-state index is 6.73. The molecule has 0 aromatic carbocycles. The highest BCUT2D eigenvalue weighted by Crippen LogP contribution is 2.42. The largest absolute Gasteiger partial charge is 0.325 e. The van der Waals surface area contributed by atoms with E-state index in [1.54, 1.807) is 0 Å². The lowest BCUT2D eigenvalue weighted by molar-refractivity contribution is 0.0795. The first-order valence-electron chi connectivity index (χ1n) is 6.85. The molecule has 1 rings (SSSR count). The van der Waals surface area contributed by atoms with Crippen LogP contribution in [-0.2, 0) is 0 Å². The van der Waals surface area contributed by atoms with E-state index in [0.29, 0.717) is 5.92 Å². The van der Waals surface area contributed by atoms with Crippen molar-refractivity contribution in [2.24, 2.45) is 23.5 Å². The molecule has 0 bridgehead atoms. The van der Waals surface area contributed by atoms with E-state index in [1.165, 1.54) is 38.5 Å². The standard InChI is InChI=1S/C14H29N/c1-5-11(3)13-9-7-8-10-14(13,15)12(4)6-2/h11-13H,5-10,15H2,1-4H3. The van der Waals surface area contributed by atoms with Gasteiger partial charge in [-0.05, 0) is 30.6 Å². The van der Waals surface area contributed by atoms with Gasteiger partial charge in [-0.25, -0.2) is 0 Å². The predicted molar refractivity (Wildman–Crippen MR) is 67.8 cm³/mol. The second kappa shape index (κ2) is 5.34. The van der Waals surface area contributed by atoms with Crippen LogP contribution in [0.3, 0.4) is 0 Å². The van der Waals surface area contributed by atoms with Crippen LogP contribution in [0, 0.1) is 17.8 Å². The van der Waals surface area contributed by atoms with E-state index in [2.05, 4.69) is 27.7 Å². The maximum Gasteiger partial charge on any atom is 0.0211 e. The first kappa shape index (κ1) is 13.0. The Hall–Kier alpha value is -0.0400. The normalized spacial score (nSPS) is 36.2. The van der Waals surface area contributed by atoms with Crippen LogP contribution in [0.5, 0.6) is 0 Å². The van der Waals surface area contributed by atoms with Crippen molar-refractivity contribution in [2.75, 3.05) is 0 Å². The fourth-order valence-corrected chi connectivity index (χ4v) is 3.34. The van der Waals surface area contributed by atoms with E-state index in [1.807, 2.05) is 0 Å². The van der Waals surface area contributed by atoms with Crippen LogP contribution < -0.4 is 5.73 Å². The van der Waals surface area contributed by atoms with Crippen molar-refractivity contribution in [3.8, 4) is 0 Å². The minimum atomic E-state index is 0.127. The molecule has 1 saturated carbocycles. The SMILES string of the molecule is CCC(C)C1CCCCC1(N)C(C)CC. The number of hydrogen-bond acceptors (Lipinski definition) is 1. The molecule has 0 aliphatic heterocycles. The summed E-state index contributed by atoms with van der Waals surface area (Å²) in [4.78, 5) is 0. The monoisotopic (exact) mass is 211 g/mol. The molecule has 0 radical (unpaired) electrons. The van der Waals surface area contributed by atoms with Crippen LogP contribution in [0.1, 0.15) is 66.2 Å². The second-order valence-corrected chi connectivity index (χ2v) is 5.66. The van der Waals surface area contributed by atoms with Gasteiger partial charge in [-0.15, -0.1) is 0 Å². The van der Waals surface area contributed by atoms with Gasteiger partial charge in [0.1, 0.15) is 0 Å². The number of hydrogen-bond donors (Lipinski definition) is 1. The quantitative estimate of drug-likeness (QED) is 0.748. The van der Waals surface area contributed by atoms with Crippen molar-refractivity contribution in [3.63, 3.8) is 0 Å². The molecule has 1 fully saturated rings. The van der Waals surface area contributed by atoms with Gasteiger partial charge < -0.3 is 5.73 Å². The van der Waals surface area contributed by atoms with Crippen LogP contribution in [0.2, 0.25) is 0 Å². The smallest absolute Gasteiger partial charge is 0.0211 e. The average molecular weight is 211 g/mol. The zero-order valence-corrected chi connectivity index (χ0v) is 11.1. The minimum absolute atomic E-state index is 0.127. The summed E-state index contributed by atoms with van der Waals surface area (Å²) < 4.78 is 0. The summed E-state index contributed by atoms with van der Waals surface area (Å²) in [6, 6.07) is 0. The first-order chi connectivity index (χ1) is 7.06. The summed E-state index contributed by atoms with van der Waals surface area (Å²) in [5, 5.41) is 0. The van der Waals surface area contributed by atoms with Gasteiger partial charge in [0, 0.05) is 5.54 Å². The van der Waals surface area contributed by atoms with Crippen molar-refractivity contribution in [1.82, 2.24) is 0 Å². The highest BCUT2D eigenvalue weighted by Gasteiger charge is 2.42. The van der Waals surface area contributed by atoms with Gasteiger partial charge in [0.2, 0.25) is 0 Å². The van der Waals surface area contributed by atoms with Crippen LogP contribution in [0.4, 0.5) is 0 Å². The van der Waals surface area contributed by atoms with Gasteiger partial charge >= 0.3 is 0 Å². The molecule has 0 amide bonds. The summed E-state index contributed by atoms with van der Waals surface area (Å²) in [6.07, 6.45) is 7.84. The van der Waals surface area contributed by atoms with E-state index in [9.17, 15) is 0 Å². The van der Waals surface area contributed by atoms with Crippen molar-refractivity contribution >= 4 is 0 Å². The molecule has 4 unspecified atom stereocenters. The lowest BCUT2D eigenvalue weighted by atomic mass is 9.62. The molecule has 4 atom stereocenters. The Morgan fingerprint density at radius 2 is 1.87 bits per heavy atom. The van der Waals surface area contributed by atoms with E-state index in [-0.39, 0.29) is 5.54 Å². The minimum Gasteiger partial charge on any atom is -0.325 e. The summed E-state index contributed by atoms with van der Waals surface area (Å²) in [5.74, 6) is 2.23. The van der Waals surface area contributed by atoms with Gasteiger partial charge in [0.25, 0.3) is 0 Å². The predicted octanol–water partition coefficient (Wildman–Crippen LogP) is 3.97. The molecule has 0 aromatic heterocycles. The second-order valence-electron chi connectivity index (χ2n) is 5.66. The lowest BCUT2D eigenvalue weighted by Crippen LogP contribution is -2.55. The first-order valence-corrected chi connectivity index (χ1v) is 6.85. The zero-order chi connectivity index (χ0) is 11.5. The Kier molecular flexibility index (Phi) is 4.64. The molecule has 15 heavy (non-hydrogen) atoms. The van der Waals surface area contributed by atoms with E-state index < -0.39 is 0 Å². The van der Waals surface area contributed by atoms with Crippen LogP contribution in [0.15, 0.2) is 0 Å². The maximum absolute atomic E-state index is 6.73. The summed E-state index contributed by atoms with van der Waals surface area (Å²) >= 11 is 0. The van der Waals surface area contributed by atoms with Crippen molar-refractivity contribution in [3.05, 3.63) is 0 Å². The molecule has 1 aliphatic carbocycles. The fraction of sp³-hybridized carbons (Fsp3) is 1.00. The van der Waals surface area contributed by atoms with Crippen molar-refractivity contribution in [2.45, 2.75) is 71.8 Å². The molecule has 2 N–H and O–H groups in total. The molecule has 1 nitrogen and oxygen atoms in total. The van der Waals surface area contributed by atoms with Crippen LogP contribution in [0.25, 0.3) is 0 Å². The van der Waals surface area contributed by atoms with Crippen molar-refractivity contribution in [1.29, 1.82) is 0 Å². The summed E-state index contributed by atoms with van der Waals surface area (Å²) in [5.41, 5.74) is 6.86. The van der Waals surface area contributed by atoms with Gasteiger partial charge in [-0.1, -0.05) is 53.4 Å². The Bertz CT molecular complexity index is 190. The fourth-order valence-electron chi connectivity index (χ4n) is 3.34. The molecule has 0 aromatic rings. The van der Waals surface area contributed by atoms with Crippen LogP contribution in [-0.4, -0.2) is 5.54 Å². The van der Waals surface area contributed by atoms with Crippen molar-refractivity contribution < 1.29 is 0 Å². The van der Waals surface area contributed by atoms with Gasteiger partial charge in [-0.2, -0.15) is 0 Å². The Morgan fingerprint density at radius 1 is 1.20 bits per heavy atom. The average Bonchev–Trinajstić information content (AvgIpc) is 2.27. The molecular weight excluding hydrogens is 182 g/mol. The third-order valence-electron chi connectivity index (χ3n) is 4.93. The van der Waals surface area contributed by atoms with Gasteiger partial charge in [0.05, 0.1) is 0 Å². The number of nitrogens with two attached hydrogens (primary N) is 1. The van der Waals surface area contributed by atoms with Gasteiger partial charge in [-0.3, -0.25) is 0 Å². The zero-order valence-electron chi connectivity index (χ0n) is 11.1. The Balaban J connectivity index is 2.80. The molecule has 90 valence electrons. The molecule has 1 aliphatic rings. The summed E-state index contributed by atoms with van der Waals surface area (Å²) in [6.45, 7) is 9.32. The highest BCUT2D eigenvalue weighted by atomic mass is 14.8. The van der Waals surface area contributed by atoms with E-state index >= 15 is 0 Å². The molecule has 0 saturated heterocycles. The lowest BCUT2D eigenvalue weighted by Gasteiger charge is -2.48. The van der Waals surface area contributed by atoms with E-state index in [0.717, 1.165) is 11.8 Å².